The Morgan fingerprint density at radius 2 is 1.81 bits per heavy atom. The molecule has 1 aromatic rings. The third-order valence-corrected chi connectivity index (χ3v) is 4.85. The molecule has 114 valence electrons. The van der Waals surface area contributed by atoms with Crippen LogP contribution in [0.1, 0.15) is 50.5 Å². The van der Waals surface area contributed by atoms with Gasteiger partial charge in [0.05, 0.1) is 6.04 Å². The van der Waals surface area contributed by atoms with Gasteiger partial charge in [-0.15, -0.1) is 0 Å². The molecule has 3 nitrogen and oxygen atoms in total. The number of hydrogen-bond acceptors (Lipinski definition) is 2. The maximum atomic E-state index is 12.6. The average molecular weight is 286 g/mol. The average Bonchev–Trinajstić information content (AvgIpc) is 2.97. The quantitative estimate of drug-likeness (QED) is 0.922. The van der Waals surface area contributed by atoms with Crippen LogP contribution < -0.4 is 5.32 Å². The molecule has 3 heteroatoms. The van der Waals surface area contributed by atoms with E-state index in [1.165, 1.54) is 24.8 Å². The van der Waals surface area contributed by atoms with E-state index >= 15 is 0 Å². The van der Waals surface area contributed by atoms with Crippen LogP contribution in [0.2, 0.25) is 0 Å². The smallest absolute Gasteiger partial charge is 0.237 e. The summed E-state index contributed by atoms with van der Waals surface area (Å²) in [7, 11) is 0. The predicted molar refractivity (Wildman–Crippen MR) is 84.9 cm³/mol. The number of carbonyl (C=O) groups excluding carboxylic acids is 1. The van der Waals surface area contributed by atoms with Gasteiger partial charge in [-0.1, -0.05) is 49.6 Å². The lowest BCUT2D eigenvalue weighted by molar-refractivity contribution is -0.126. The zero-order valence-electron chi connectivity index (χ0n) is 12.8. The number of amides is 1. The molecule has 2 aliphatic rings. The zero-order chi connectivity index (χ0) is 14.5. The summed E-state index contributed by atoms with van der Waals surface area (Å²) in [5.74, 6) is 0.260. The van der Waals surface area contributed by atoms with Crippen molar-refractivity contribution in [1.82, 2.24) is 10.2 Å². The first-order chi connectivity index (χ1) is 10.3. The standard InChI is InChI=1S/C18H26N2O/c21-18(19-16-10-5-2-6-11-16)17-12-7-13-20(17)14-15-8-3-1-4-9-15/h1,3-4,8-9,16-17H,2,5-7,10-14H2,(H,19,21)/t17-/m1/s1. The Kier molecular flexibility index (Phi) is 4.91. The molecule has 1 aliphatic carbocycles. The second-order valence-corrected chi connectivity index (χ2v) is 6.46. The van der Waals surface area contributed by atoms with Crippen molar-refractivity contribution in [2.45, 2.75) is 63.6 Å². The normalized spacial score (nSPS) is 24.1. The lowest BCUT2D eigenvalue weighted by Gasteiger charge is -2.28. The lowest BCUT2D eigenvalue weighted by atomic mass is 9.95. The fourth-order valence-electron chi connectivity index (χ4n) is 3.67. The molecule has 1 N–H and O–H groups in total. The molecule has 1 heterocycles. The molecule has 2 fully saturated rings. The Hall–Kier alpha value is -1.35. The van der Waals surface area contributed by atoms with Crippen LogP contribution in [-0.2, 0) is 11.3 Å². The van der Waals surface area contributed by atoms with Gasteiger partial charge in [0, 0.05) is 12.6 Å². The number of hydrogen-bond donors (Lipinski definition) is 1. The van der Waals surface area contributed by atoms with Crippen LogP contribution in [-0.4, -0.2) is 29.4 Å². The topological polar surface area (TPSA) is 32.3 Å². The SMILES string of the molecule is O=C(NC1CCCCC1)[C@H]1CCCN1Cc1ccccc1. The van der Waals surface area contributed by atoms with Crippen molar-refractivity contribution in [3.63, 3.8) is 0 Å². The van der Waals surface area contributed by atoms with Gasteiger partial charge in [0.1, 0.15) is 0 Å². The van der Waals surface area contributed by atoms with Gasteiger partial charge in [-0.2, -0.15) is 0 Å². The summed E-state index contributed by atoms with van der Waals surface area (Å²) in [4.78, 5) is 14.9. The first kappa shape index (κ1) is 14.6. The lowest BCUT2D eigenvalue weighted by Crippen LogP contribution is -2.47. The molecular formula is C18H26N2O. The Bertz CT molecular complexity index is 454. The van der Waals surface area contributed by atoms with Gasteiger partial charge in [0.2, 0.25) is 5.91 Å². The van der Waals surface area contributed by atoms with Gasteiger partial charge in [-0.05, 0) is 37.8 Å². The highest BCUT2D eigenvalue weighted by atomic mass is 16.2. The van der Waals surface area contributed by atoms with E-state index in [1.54, 1.807) is 0 Å². The second kappa shape index (κ2) is 7.08. The summed E-state index contributed by atoms with van der Waals surface area (Å²) in [5, 5.41) is 3.30. The molecule has 1 aliphatic heterocycles. The van der Waals surface area contributed by atoms with Crippen molar-refractivity contribution in [2.24, 2.45) is 0 Å². The Morgan fingerprint density at radius 1 is 1.05 bits per heavy atom. The monoisotopic (exact) mass is 286 g/mol. The van der Waals surface area contributed by atoms with Crippen LogP contribution in [0.5, 0.6) is 0 Å². The van der Waals surface area contributed by atoms with E-state index in [-0.39, 0.29) is 11.9 Å². The van der Waals surface area contributed by atoms with Gasteiger partial charge < -0.3 is 5.32 Å². The van der Waals surface area contributed by atoms with Gasteiger partial charge in [-0.25, -0.2) is 0 Å². The molecule has 0 unspecified atom stereocenters. The summed E-state index contributed by atoms with van der Waals surface area (Å²) in [6, 6.07) is 11.0. The van der Waals surface area contributed by atoms with Crippen molar-refractivity contribution in [3.8, 4) is 0 Å². The van der Waals surface area contributed by atoms with Crippen LogP contribution in [0, 0.1) is 0 Å². The molecule has 1 saturated carbocycles. The highest BCUT2D eigenvalue weighted by molar-refractivity contribution is 5.82. The molecule has 0 spiro atoms. The summed E-state index contributed by atoms with van der Waals surface area (Å²) in [5.41, 5.74) is 1.30. The van der Waals surface area contributed by atoms with Crippen molar-refractivity contribution in [3.05, 3.63) is 35.9 Å². The number of rotatable bonds is 4. The van der Waals surface area contributed by atoms with Crippen molar-refractivity contribution >= 4 is 5.91 Å². The van der Waals surface area contributed by atoms with E-state index < -0.39 is 0 Å². The minimum atomic E-state index is 0.0760. The van der Waals surface area contributed by atoms with Gasteiger partial charge in [-0.3, -0.25) is 9.69 Å². The Morgan fingerprint density at radius 3 is 2.57 bits per heavy atom. The van der Waals surface area contributed by atoms with E-state index in [9.17, 15) is 4.79 Å². The first-order valence-corrected chi connectivity index (χ1v) is 8.41. The number of nitrogens with zero attached hydrogens (tertiary/aromatic N) is 1. The highest BCUT2D eigenvalue weighted by Gasteiger charge is 2.31. The number of likely N-dealkylation sites (tertiary alicyclic amines) is 1. The van der Waals surface area contributed by atoms with E-state index in [4.69, 9.17) is 0 Å². The third-order valence-electron chi connectivity index (χ3n) is 4.85. The fraction of sp³-hybridized carbons (Fsp3) is 0.611. The predicted octanol–water partition coefficient (Wildman–Crippen LogP) is 3.10. The van der Waals surface area contributed by atoms with Crippen molar-refractivity contribution in [2.75, 3.05) is 6.54 Å². The minimum absolute atomic E-state index is 0.0760. The van der Waals surface area contributed by atoms with E-state index in [2.05, 4.69) is 34.5 Å². The fourth-order valence-corrected chi connectivity index (χ4v) is 3.67. The summed E-state index contributed by atoms with van der Waals surface area (Å²) < 4.78 is 0. The molecule has 1 amide bonds. The van der Waals surface area contributed by atoms with Crippen LogP contribution in [0.3, 0.4) is 0 Å². The third kappa shape index (κ3) is 3.85. The molecule has 3 rings (SSSR count). The molecule has 1 aromatic carbocycles. The Balaban J connectivity index is 1.56. The largest absolute Gasteiger partial charge is 0.352 e. The highest BCUT2D eigenvalue weighted by Crippen LogP contribution is 2.22. The minimum Gasteiger partial charge on any atom is -0.352 e. The Labute approximate surface area is 127 Å². The molecule has 0 radical (unpaired) electrons. The second-order valence-electron chi connectivity index (χ2n) is 6.46. The van der Waals surface area contributed by atoms with Crippen molar-refractivity contribution in [1.29, 1.82) is 0 Å². The van der Waals surface area contributed by atoms with E-state index in [0.29, 0.717) is 6.04 Å². The van der Waals surface area contributed by atoms with Gasteiger partial charge in [0.15, 0.2) is 0 Å². The van der Waals surface area contributed by atoms with Crippen LogP contribution in [0.25, 0.3) is 0 Å². The molecule has 1 atom stereocenters. The van der Waals surface area contributed by atoms with E-state index in [1.807, 2.05) is 6.07 Å². The first-order valence-electron chi connectivity index (χ1n) is 8.41. The van der Waals surface area contributed by atoms with Crippen LogP contribution in [0.15, 0.2) is 30.3 Å². The maximum absolute atomic E-state index is 12.6. The van der Waals surface area contributed by atoms with Crippen LogP contribution >= 0.6 is 0 Å². The number of carbonyl (C=O) groups is 1. The van der Waals surface area contributed by atoms with Gasteiger partial charge in [0.25, 0.3) is 0 Å². The number of benzene rings is 1. The molecule has 0 bridgehead atoms. The molecule has 1 saturated heterocycles. The molecule has 0 aromatic heterocycles. The summed E-state index contributed by atoms with van der Waals surface area (Å²) in [6.07, 6.45) is 8.33. The molecule has 21 heavy (non-hydrogen) atoms. The van der Waals surface area contributed by atoms with Crippen LogP contribution in [0.4, 0.5) is 0 Å². The van der Waals surface area contributed by atoms with Gasteiger partial charge >= 0.3 is 0 Å². The van der Waals surface area contributed by atoms with E-state index in [0.717, 1.165) is 38.8 Å². The maximum Gasteiger partial charge on any atom is 0.237 e. The zero-order valence-corrected chi connectivity index (χ0v) is 12.8. The summed E-state index contributed by atoms with van der Waals surface area (Å²) >= 11 is 0. The summed E-state index contributed by atoms with van der Waals surface area (Å²) in [6.45, 7) is 1.93. The number of nitrogens with one attached hydrogen (secondary N) is 1. The van der Waals surface area contributed by atoms with Crippen molar-refractivity contribution < 1.29 is 4.79 Å². The molecular weight excluding hydrogens is 260 g/mol.